The summed E-state index contributed by atoms with van der Waals surface area (Å²) in [6, 6.07) is 70.7. The molecular formula is C73H62N4O6. The van der Waals surface area contributed by atoms with Gasteiger partial charge in [0, 0.05) is 52.3 Å². The SMILES string of the molecule is CC1(C)c2cc(/C=C/c3ccc(/C=C/c4ccccc4)cc3)ccc2N2Cc3cc([N+](=O)[O-])ccc3OC21C.CC1(C)c2cc(/C=C/c3ccc(/C=C/c4ccccc4)cc3)ccc2N2Cc3cc([N+](=O)[O-])ccc3OC21c1ccccc1. The Hall–Kier alpha value is -10.1. The lowest BCUT2D eigenvalue weighted by molar-refractivity contribution is -0.385. The number of hydrogen-bond donors (Lipinski definition) is 0. The molecule has 4 heterocycles. The summed E-state index contributed by atoms with van der Waals surface area (Å²) in [6.07, 6.45) is 17.1. The van der Waals surface area contributed by atoms with E-state index in [1.807, 2.05) is 54.6 Å². The Labute approximate surface area is 484 Å². The van der Waals surface area contributed by atoms with Crippen molar-refractivity contribution in [3.05, 3.63) is 305 Å². The molecule has 4 aliphatic rings. The second kappa shape index (κ2) is 21.4. The second-order valence-electron chi connectivity index (χ2n) is 22.8. The van der Waals surface area contributed by atoms with Crippen molar-refractivity contribution >= 4 is 71.4 Å². The zero-order chi connectivity index (χ0) is 57.5. The Kier molecular flexibility index (Phi) is 13.8. The second-order valence-corrected chi connectivity index (χ2v) is 22.8. The zero-order valence-electron chi connectivity index (χ0n) is 47.0. The first-order valence-electron chi connectivity index (χ1n) is 27.9. The lowest BCUT2D eigenvalue weighted by Crippen LogP contribution is -2.59. The summed E-state index contributed by atoms with van der Waals surface area (Å²) in [5.74, 6) is 1.39. The Morgan fingerprint density at radius 2 is 0.735 bits per heavy atom. The van der Waals surface area contributed by atoms with Gasteiger partial charge in [0.25, 0.3) is 11.4 Å². The highest BCUT2D eigenvalue weighted by Gasteiger charge is 2.62. The lowest BCUT2D eigenvalue weighted by Gasteiger charge is -2.50. The number of rotatable bonds is 11. The molecule has 2 atom stereocenters. The minimum atomic E-state index is -0.814. The van der Waals surface area contributed by atoms with Crippen LogP contribution in [0.4, 0.5) is 22.7 Å². The maximum atomic E-state index is 11.5. The number of hydrogen-bond acceptors (Lipinski definition) is 8. The number of nitrogens with zero attached hydrogens (tertiary/aromatic N) is 4. The van der Waals surface area contributed by atoms with Crippen molar-refractivity contribution in [3.63, 3.8) is 0 Å². The van der Waals surface area contributed by atoms with E-state index in [0.29, 0.717) is 24.6 Å². The highest BCUT2D eigenvalue weighted by molar-refractivity contribution is 5.79. The van der Waals surface area contributed by atoms with E-state index in [2.05, 4.69) is 214 Å². The molecule has 0 spiro atoms. The third kappa shape index (κ3) is 9.96. The molecular weight excluding hydrogens is 1030 g/mol. The first kappa shape index (κ1) is 53.6. The van der Waals surface area contributed by atoms with E-state index in [1.165, 1.54) is 34.4 Å². The summed E-state index contributed by atoms with van der Waals surface area (Å²) < 4.78 is 13.6. The van der Waals surface area contributed by atoms with Crippen LogP contribution in [0.1, 0.15) is 107 Å². The molecule has 410 valence electrons. The number of fused-ring (bicyclic) bond motifs is 8. The van der Waals surface area contributed by atoms with E-state index in [-0.39, 0.29) is 26.6 Å². The minimum Gasteiger partial charge on any atom is -0.467 e. The Morgan fingerprint density at radius 1 is 0.386 bits per heavy atom. The van der Waals surface area contributed by atoms with Crippen LogP contribution in [0, 0.1) is 20.2 Å². The normalized spacial score (nSPS) is 18.5. The van der Waals surface area contributed by atoms with Crippen molar-refractivity contribution in [1.29, 1.82) is 0 Å². The van der Waals surface area contributed by atoms with E-state index >= 15 is 0 Å². The molecule has 0 N–H and O–H groups in total. The molecule has 0 aromatic heterocycles. The zero-order valence-corrected chi connectivity index (χ0v) is 47.0. The van der Waals surface area contributed by atoms with Gasteiger partial charge in [-0.25, -0.2) is 0 Å². The summed E-state index contributed by atoms with van der Waals surface area (Å²) in [7, 11) is 0. The third-order valence-electron chi connectivity index (χ3n) is 17.1. The molecule has 0 radical (unpaired) electrons. The summed E-state index contributed by atoms with van der Waals surface area (Å²) in [4.78, 5) is 26.7. The number of ether oxygens (including phenoxy) is 2. The van der Waals surface area contributed by atoms with Gasteiger partial charge in [-0.3, -0.25) is 20.2 Å². The van der Waals surface area contributed by atoms with Crippen LogP contribution in [0.15, 0.2) is 212 Å². The standard InChI is InChI=1S/C39H32N2O3.C34H30N2O3/c1-38(2)35-25-31(20-19-30-17-15-29(16-18-30)14-13-28-9-5-3-6-10-28)21-23-36(35)40-27-32-26-34(41(42)43)22-24-37(32)44-39(38,40)33-11-7-4-8-12-33;1-33(2)30-21-27(16-15-26-13-11-25(12-14-26)10-9-24-7-5-4-6-8-24)17-19-31(30)35-23-28-22-29(36(37)38)18-20-32(28)39-34(33,35)3/h3-26H,27H2,1-2H3;4-22H,23H2,1-3H3/b14-13+,20-19+;10-9+,16-15+. The smallest absolute Gasteiger partial charge is 0.270 e. The van der Waals surface area contributed by atoms with Gasteiger partial charge in [-0.15, -0.1) is 0 Å². The van der Waals surface area contributed by atoms with Crippen molar-refractivity contribution in [2.45, 2.75) is 70.0 Å². The average Bonchev–Trinajstić information content (AvgIpc) is 1.93. The van der Waals surface area contributed by atoms with Crippen molar-refractivity contribution in [1.82, 2.24) is 0 Å². The van der Waals surface area contributed by atoms with Gasteiger partial charge in [0.1, 0.15) is 11.5 Å². The van der Waals surface area contributed by atoms with Gasteiger partial charge in [-0.05, 0) is 127 Å². The highest BCUT2D eigenvalue weighted by Crippen LogP contribution is 2.61. The molecule has 0 amide bonds. The molecule has 0 fully saturated rings. The Balaban J connectivity index is 0.000000165. The summed E-state index contributed by atoms with van der Waals surface area (Å²) >= 11 is 0. The third-order valence-corrected chi connectivity index (χ3v) is 17.1. The van der Waals surface area contributed by atoms with Crippen LogP contribution in [-0.4, -0.2) is 15.6 Å². The fourth-order valence-electron chi connectivity index (χ4n) is 12.2. The predicted octanol–water partition coefficient (Wildman–Crippen LogP) is 17.8. The molecule has 10 nitrogen and oxygen atoms in total. The number of non-ortho nitro benzene ring substituents is 2. The van der Waals surface area contributed by atoms with E-state index < -0.39 is 16.9 Å². The van der Waals surface area contributed by atoms with Gasteiger partial charge in [-0.2, -0.15) is 0 Å². The fourth-order valence-corrected chi connectivity index (χ4v) is 12.2. The molecule has 0 saturated heterocycles. The van der Waals surface area contributed by atoms with E-state index in [9.17, 15) is 20.2 Å². The van der Waals surface area contributed by atoms with Gasteiger partial charge in [0.15, 0.2) is 5.72 Å². The van der Waals surface area contributed by atoms with Crippen molar-refractivity contribution < 1.29 is 19.3 Å². The van der Waals surface area contributed by atoms with Crippen molar-refractivity contribution in [2.24, 2.45) is 0 Å². The van der Waals surface area contributed by atoms with E-state index in [0.717, 1.165) is 61.4 Å². The molecule has 2 unspecified atom stereocenters. The number of anilines is 2. The van der Waals surface area contributed by atoms with Crippen LogP contribution in [-0.2, 0) is 29.6 Å². The number of nitro benzene ring substituents is 2. The summed E-state index contributed by atoms with van der Waals surface area (Å²) in [6.45, 7) is 12.0. The van der Waals surface area contributed by atoms with Crippen molar-refractivity contribution in [3.8, 4) is 11.5 Å². The molecule has 4 aliphatic heterocycles. The van der Waals surface area contributed by atoms with Crippen LogP contribution in [0.5, 0.6) is 11.5 Å². The molecule has 83 heavy (non-hydrogen) atoms. The van der Waals surface area contributed by atoms with Crippen LogP contribution < -0.4 is 19.3 Å². The van der Waals surface area contributed by atoms with Gasteiger partial charge >= 0.3 is 0 Å². The van der Waals surface area contributed by atoms with Crippen LogP contribution >= 0.6 is 0 Å². The maximum absolute atomic E-state index is 11.5. The molecule has 0 bridgehead atoms. The van der Waals surface area contributed by atoms with Crippen LogP contribution in [0.3, 0.4) is 0 Å². The maximum Gasteiger partial charge on any atom is 0.270 e. The van der Waals surface area contributed by atoms with Crippen molar-refractivity contribution in [2.75, 3.05) is 9.80 Å². The molecule has 13 rings (SSSR count). The summed E-state index contributed by atoms with van der Waals surface area (Å²) in [5, 5.41) is 22.9. The van der Waals surface area contributed by atoms with Gasteiger partial charge in [-0.1, -0.05) is 200 Å². The number of nitro groups is 2. The number of benzene rings is 9. The molecule has 9 aromatic rings. The molecule has 0 aliphatic carbocycles. The van der Waals surface area contributed by atoms with Crippen LogP contribution in [0.25, 0.3) is 48.6 Å². The highest BCUT2D eigenvalue weighted by atomic mass is 16.6. The molecule has 10 heteroatoms. The van der Waals surface area contributed by atoms with E-state index in [4.69, 9.17) is 9.47 Å². The quantitative estimate of drug-likeness (QED) is 0.0715. The molecule has 9 aromatic carbocycles. The van der Waals surface area contributed by atoms with Gasteiger partial charge < -0.3 is 19.3 Å². The fraction of sp³-hybridized carbons (Fsp3) is 0.151. The minimum absolute atomic E-state index is 0.0685. The van der Waals surface area contributed by atoms with Gasteiger partial charge in [0.2, 0.25) is 5.72 Å². The topological polar surface area (TPSA) is 111 Å². The molecule has 0 saturated carbocycles. The van der Waals surface area contributed by atoms with Crippen LogP contribution in [0.2, 0.25) is 0 Å². The van der Waals surface area contributed by atoms with E-state index in [1.54, 1.807) is 24.3 Å². The largest absolute Gasteiger partial charge is 0.467 e. The Bertz CT molecular complexity index is 4060. The lowest BCUT2D eigenvalue weighted by atomic mass is 9.73. The Morgan fingerprint density at radius 3 is 1.17 bits per heavy atom. The monoisotopic (exact) mass is 1090 g/mol. The first-order chi connectivity index (χ1) is 40.1. The van der Waals surface area contributed by atoms with Gasteiger partial charge in [0.05, 0.1) is 33.8 Å². The summed E-state index contributed by atoms with van der Waals surface area (Å²) in [5.41, 5.74) is 14.4. The average molecular weight is 1090 g/mol. The predicted molar refractivity (Wildman–Crippen MR) is 337 cm³/mol. The first-order valence-corrected chi connectivity index (χ1v) is 27.9.